The Kier molecular flexibility index (Phi) is 3.50. The zero-order valence-electron chi connectivity index (χ0n) is 12.6. The van der Waals surface area contributed by atoms with Gasteiger partial charge < -0.3 is 14.3 Å². The fraction of sp³-hybridized carbons (Fsp3) is 0.167. The summed E-state index contributed by atoms with van der Waals surface area (Å²) in [5, 5.41) is 10.3. The van der Waals surface area contributed by atoms with E-state index < -0.39 is 0 Å². The molecule has 0 spiro atoms. The third-order valence-electron chi connectivity index (χ3n) is 3.98. The van der Waals surface area contributed by atoms with E-state index in [1.807, 2.05) is 42.5 Å². The van der Waals surface area contributed by atoms with Crippen LogP contribution in [0.2, 0.25) is 0 Å². The maximum Gasteiger partial charge on any atom is 0.385 e. The van der Waals surface area contributed by atoms with Crippen molar-refractivity contribution in [3.05, 3.63) is 65.9 Å². The zero-order chi connectivity index (χ0) is 15.8. The monoisotopic (exact) mass is 326 g/mol. The summed E-state index contributed by atoms with van der Waals surface area (Å²) < 4.78 is 12.9. The summed E-state index contributed by atoms with van der Waals surface area (Å²) in [6, 6.07) is 17.9. The van der Waals surface area contributed by atoms with Gasteiger partial charge in [-0.1, -0.05) is 42.1 Å². The number of nitrogens with zero attached hydrogens (tertiary/aromatic N) is 1. The number of ether oxygens (including phenoxy) is 1. The van der Waals surface area contributed by atoms with Gasteiger partial charge in [0.15, 0.2) is 0 Å². The van der Waals surface area contributed by atoms with Crippen LogP contribution < -0.4 is 9.30 Å². The highest BCUT2D eigenvalue weighted by Gasteiger charge is 2.42. The average molecular weight is 326 g/mol. The molecule has 116 valence electrons. The van der Waals surface area contributed by atoms with Crippen molar-refractivity contribution in [1.82, 2.24) is 0 Å². The van der Waals surface area contributed by atoms with Crippen LogP contribution in [0, 0.1) is 0 Å². The maximum atomic E-state index is 10.2. The van der Waals surface area contributed by atoms with Gasteiger partial charge in [0.05, 0.1) is 18.4 Å². The topological polar surface area (TPSA) is 46.5 Å². The van der Waals surface area contributed by atoms with E-state index in [4.69, 9.17) is 9.15 Å². The van der Waals surface area contributed by atoms with E-state index in [2.05, 4.69) is 16.7 Å². The van der Waals surface area contributed by atoms with Gasteiger partial charge in [0.2, 0.25) is 5.37 Å². The third kappa shape index (κ3) is 2.37. The second-order valence-corrected chi connectivity index (χ2v) is 6.40. The first kappa shape index (κ1) is 14.2. The molecule has 0 unspecified atom stereocenters. The Morgan fingerprint density at radius 2 is 1.87 bits per heavy atom. The Bertz CT molecular complexity index is 827. The van der Waals surface area contributed by atoms with E-state index in [1.54, 1.807) is 18.9 Å². The van der Waals surface area contributed by atoms with Crippen LogP contribution in [0.1, 0.15) is 16.6 Å². The number of aromatic hydroxyl groups is 1. The smallest absolute Gasteiger partial charge is 0.385 e. The Morgan fingerprint density at radius 3 is 2.57 bits per heavy atom. The predicted molar refractivity (Wildman–Crippen MR) is 88.4 cm³/mol. The average Bonchev–Trinajstić information content (AvgIpc) is 3.17. The first-order chi connectivity index (χ1) is 11.3. The Hall–Kier alpha value is -2.40. The summed E-state index contributed by atoms with van der Waals surface area (Å²) in [6.45, 7) is 0. The molecule has 0 amide bonds. The molecule has 0 bridgehead atoms. The quantitative estimate of drug-likeness (QED) is 0.745. The molecule has 23 heavy (non-hydrogen) atoms. The van der Waals surface area contributed by atoms with Crippen LogP contribution in [0.15, 0.2) is 59.0 Å². The lowest BCUT2D eigenvalue weighted by atomic mass is 10.2. The number of oxazole rings is 1. The van der Waals surface area contributed by atoms with Gasteiger partial charge in [-0.05, 0) is 24.3 Å². The molecule has 1 N–H and O–H groups in total. The summed E-state index contributed by atoms with van der Waals surface area (Å²) >= 11 is 1.78. The van der Waals surface area contributed by atoms with Gasteiger partial charge in [0, 0.05) is 5.56 Å². The Labute approximate surface area is 138 Å². The van der Waals surface area contributed by atoms with E-state index in [1.165, 1.54) is 5.56 Å². The molecule has 4 rings (SSSR count). The van der Waals surface area contributed by atoms with Crippen LogP contribution >= 0.6 is 11.8 Å². The molecule has 1 atom stereocenters. The van der Waals surface area contributed by atoms with Crippen molar-refractivity contribution in [2.24, 2.45) is 0 Å². The lowest BCUT2D eigenvalue weighted by Crippen LogP contribution is -2.37. The predicted octanol–water partition coefficient (Wildman–Crippen LogP) is 3.74. The molecule has 4 nitrogen and oxygen atoms in total. The SMILES string of the molecule is COc1ccc(-c2oc(O)c3[n+]2[C@H](c2ccccc2)SC3)cc1. The number of methoxy groups -OCH3 is 1. The van der Waals surface area contributed by atoms with E-state index in [0.717, 1.165) is 22.8 Å². The summed E-state index contributed by atoms with van der Waals surface area (Å²) in [5.41, 5.74) is 2.93. The van der Waals surface area contributed by atoms with Crippen LogP contribution in [-0.2, 0) is 5.75 Å². The van der Waals surface area contributed by atoms with Crippen molar-refractivity contribution in [3.63, 3.8) is 0 Å². The molecule has 0 aliphatic carbocycles. The van der Waals surface area contributed by atoms with Crippen molar-refractivity contribution in [3.8, 4) is 23.1 Å². The van der Waals surface area contributed by atoms with E-state index in [9.17, 15) is 5.11 Å². The summed E-state index contributed by atoms with van der Waals surface area (Å²) in [4.78, 5) is 0. The molecular weight excluding hydrogens is 310 g/mol. The van der Waals surface area contributed by atoms with Gasteiger partial charge in [0.1, 0.15) is 5.75 Å². The van der Waals surface area contributed by atoms with Crippen LogP contribution in [0.4, 0.5) is 0 Å². The van der Waals surface area contributed by atoms with Gasteiger partial charge in [-0.2, -0.15) is 0 Å². The number of hydrogen-bond donors (Lipinski definition) is 1. The zero-order valence-corrected chi connectivity index (χ0v) is 13.4. The van der Waals surface area contributed by atoms with Gasteiger partial charge in [0.25, 0.3) is 5.69 Å². The van der Waals surface area contributed by atoms with Gasteiger partial charge in [-0.25, -0.2) is 0 Å². The number of benzene rings is 2. The molecule has 0 radical (unpaired) electrons. The number of rotatable bonds is 3. The lowest BCUT2D eigenvalue weighted by Gasteiger charge is -2.06. The fourth-order valence-electron chi connectivity index (χ4n) is 2.83. The minimum Gasteiger partial charge on any atom is -0.497 e. The molecule has 5 heteroatoms. The van der Waals surface area contributed by atoms with Crippen molar-refractivity contribution in [2.45, 2.75) is 11.1 Å². The molecule has 1 aliphatic rings. The van der Waals surface area contributed by atoms with E-state index >= 15 is 0 Å². The molecule has 0 fully saturated rings. The fourth-order valence-corrected chi connectivity index (χ4v) is 4.13. The molecule has 2 aromatic carbocycles. The highest BCUT2D eigenvalue weighted by Crippen LogP contribution is 2.41. The normalized spacial score (nSPS) is 16.3. The molecular formula is C18H16NO3S+. The largest absolute Gasteiger partial charge is 0.497 e. The van der Waals surface area contributed by atoms with Crippen LogP contribution in [0.25, 0.3) is 11.5 Å². The Balaban J connectivity index is 1.82. The molecule has 0 saturated heterocycles. The van der Waals surface area contributed by atoms with Gasteiger partial charge in [-0.3, -0.25) is 0 Å². The van der Waals surface area contributed by atoms with Crippen molar-refractivity contribution in [2.75, 3.05) is 7.11 Å². The number of hydrogen-bond acceptors (Lipinski definition) is 4. The van der Waals surface area contributed by atoms with Crippen LogP contribution in [0.3, 0.4) is 0 Å². The van der Waals surface area contributed by atoms with Crippen molar-refractivity contribution < 1.29 is 18.8 Å². The second-order valence-electron chi connectivity index (χ2n) is 5.33. The standard InChI is InChI=1S/C18H15NO3S/c1-21-14-9-7-12(8-10-14)16-19-15(18(20)22-16)11-23-17(19)13-5-3-2-4-6-13/h2-10,17H,11H2,1H3/p+1/t17-/m0/s1. The second kappa shape index (κ2) is 5.66. The number of aromatic nitrogens is 1. The molecule has 1 aromatic heterocycles. The third-order valence-corrected chi connectivity index (χ3v) is 5.22. The van der Waals surface area contributed by atoms with Gasteiger partial charge >= 0.3 is 11.8 Å². The van der Waals surface area contributed by atoms with E-state index in [-0.39, 0.29) is 11.3 Å². The summed E-state index contributed by atoms with van der Waals surface area (Å²) in [5.74, 6) is 2.19. The highest BCUT2D eigenvalue weighted by atomic mass is 32.2. The van der Waals surface area contributed by atoms with Gasteiger partial charge in [-0.15, -0.1) is 4.57 Å². The maximum absolute atomic E-state index is 10.2. The lowest BCUT2D eigenvalue weighted by molar-refractivity contribution is -0.684. The first-order valence-corrected chi connectivity index (χ1v) is 8.40. The van der Waals surface area contributed by atoms with E-state index in [0.29, 0.717) is 5.89 Å². The molecule has 1 aliphatic heterocycles. The molecule has 2 heterocycles. The Morgan fingerprint density at radius 1 is 1.13 bits per heavy atom. The van der Waals surface area contributed by atoms with Crippen LogP contribution in [0.5, 0.6) is 11.7 Å². The van der Waals surface area contributed by atoms with Crippen LogP contribution in [-0.4, -0.2) is 12.2 Å². The van der Waals surface area contributed by atoms with Crippen molar-refractivity contribution in [1.29, 1.82) is 0 Å². The minimum absolute atomic E-state index is 0.00162. The first-order valence-electron chi connectivity index (χ1n) is 7.35. The number of thioether (sulfide) groups is 1. The minimum atomic E-state index is 0.00162. The summed E-state index contributed by atoms with van der Waals surface area (Å²) in [7, 11) is 1.64. The van der Waals surface area contributed by atoms with Crippen molar-refractivity contribution >= 4 is 11.8 Å². The highest BCUT2D eigenvalue weighted by molar-refractivity contribution is 7.98. The molecule has 3 aromatic rings. The number of fused-ring (bicyclic) bond motifs is 1. The molecule has 0 saturated carbocycles. The summed E-state index contributed by atoms with van der Waals surface area (Å²) in [6.07, 6.45) is 0.